The fourth-order valence-corrected chi connectivity index (χ4v) is 2.84. The second kappa shape index (κ2) is 5.59. The van der Waals surface area contributed by atoms with Crippen molar-refractivity contribution in [3.8, 4) is 0 Å². The van der Waals surface area contributed by atoms with Crippen LogP contribution in [-0.2, 0) is 16.4 Å². The molecule has 1 aromatic heterocycles. The predicted molar refractivity (Wildman–Crippen MR) is 73.5 cm³/mol. The lowest BCUT2D eigenvalue weighted by atomic mass is 10.1. The van der Waals surface area contributed by atoms with Crippen LogP contribution in [0.2, 0.25) is 0 Å². The number of hydrogen-bond donors (Lipinski definition) is 2. The number of nitrogens with zero attached hydrogens (tertiary/aromatic N) is 2. The second-order valence-electron chi connectivity index (χ2n) is 4.44. The van der Waals surface area contributed by atoms with Gasteiger partial charge in [-0.3, -0.25) is 0 Å². The first-order chi connectivity index (χ1) is 9.40. The van der Waals surface area contributed by atoms with Crippen molar-refractivity contribution in [1.29, 1.82) is 0 Å². The highest BCUT2D eigenvalue weighted by molar-refractivity contribution is 7.89. The summed E-state index contributed by atoms with van der Waals surface area (Å²) in [6.45, 7) is 3.85. The van der Waals surface area contributed by atoms with Crippen LogP contribution in [0.3, 0.4) is 0 Å². The fraction of sp³-hybridized carbons (Fsp3) is 0.333. The number of anilines is 1. The van der Waals surface area contributed by atoms with Gasteiger partial charge in [0.2, 0.25) is 15.9 Å². The minimum atomic E-state index is -3.60. The van der Waals surface area contributed by atoms with Crippen molar-refractivity contribution in [3.05, 3.63) is 35.5 Å². The molecule has 1 heterocycles. The third-order valence-corrected chi connectivity index (χ3v) is 4.47. The molecule has 0 saturated carbocycles. The van der Waals surface area contributed by atoms with Crippen LogP contribution in [-0.4, -0.2) is 25.1 Å². The maximum atomic E-state index is 12.1. The summed E-state index contributed by atoms with van der Waals surface area (Å²) < 4.78 is 31.6. The zero-order valence-electron chi connectivity index (χ0n) is 11.3. The molecule has 0 aliphatic heterocycles. The smallest absolute Gasteiger partial charge is 0.240 e. The Bertz CT molecular complexity index is 672. The molecular weight excluding hydrogens is 280 g/mol. The molecule has 0 spiro atoms. The maximum Gasteiger partial charge on any atom is 0.240 e. The molecule has 0 unspecified atom stereocenters. The minimum Gasteiger partial charge on any atom is -0.398 e. The molecule has 8 heteroatoms. The molecule has 0 atom stereocenters. The van der Waals surface area contributed by atoms with Gasteiger partial charge in [-0.05, 0) is 37.1 Å². The van der Waals surface area contributed by atoms with E-state index in [0.717, 1.165) is 11.1 Å². The third-order valence-electron chi connectivity index (χ3n) is 3.03. The number of aryl methyl sites for hydroxylation is 1. The summed E-state index contributed by atoms with van der Waals surface area (Å²) >= 11 is 0. The summed E-state index contributed by atoms with van der Waals surface area (Å²) in [5.74, 6) is 0.382. The molecule has 0 saturated heterocycles. The molecule has 2 aromatic rings. The first kappa shape index (κ1) is 14.5. The van der Waals surface area contributed by atoms with Crippen molar-refractivity contribution in [2.24, 2.45) is 0 Å². The van der Waals surface area contributed by atoms with Crippen molar-refractivity contribution in [1.82, 2.24) is 14.9 Å². The lowest BCUT2D eigenvalue weighted by Crippen LogP contribution is -2.26. The largest absolute Gasteiger partial charge is 0.398 e. The van der Waals surface area contributed by atoms with Crippen LogP contribution < -0.4 is 10.5 Å². The molecule has 0 bridgehead atoms. The number of benzene rings is 1. The van der Waals surface area contributed by atoms with E-state index in [2.05, 4.69) is 14.9 Å². The lowest BCUT2D eigenvalue weighted by molar-refractivity contribution is 0.377. The van der Waals surface area contributed by atoms with Gasteiger partial charge in [0.25, 0.3) is 0 Å². The van der Waals surface area contributed by atoms with Crippen LogP contribution in [0.5, 0.6) is 0 Å². The van der Waals surface area contributed by atoms with E-state index in [-0.39, 0.29) is 11.4 Å². The van der Waals surface area contributed by atoms with Gasteiger partial charge in [0.1, 0.15) is 0 Å². The predicted octanol–water partition coefficient (Wildman–Crippen LogP) is 0.790. The maximum absolute atomic E-state index is 12.1. The Morgan fingerprint density at radius 3 is 2.70 bits per heavy atom. The first-order valence-electron chi connectivity index (χ1n) is 6.02. The average Bonchev–Trinajstić information content (AvgIpc) is 2.88. The molecule has 20 heavy (non-hydrogen) atoms. The summed E-state index contributed by atoms with van der Waals surface area (Å²) in [7, 11) is -3.60. The number of nitrogens with one attached hydrogen (secondary N) is 1. The van der Waals surface area contributed by atoms with Gasteiger partial charge < -0.3 is 10.3 Å². The summed E-state index contributed by atoms with van der Waals surface area (Å²) in [6.07, 6.45) is 1.60. The Labute approximate surface area is 117 Å². The van der Waals surface area contributed by atoms with Gasteiger partial charge in [0.15, 0.2) is 6.33 Å². The second-order valence-corrected chi connectivity index (χ2v) is 6.20. The number of nitrogens with two attached hydrogens (primary N) is 1. The highest BCUT2D eigenvalue weighted by atomic mass is 32.2. The fourth-order valence-electron chi connectivity index (χ4n) is 1.69. The van der Waals surface area contributed by atoms with Crippen LogP contribution in [0.15, 0.2) is 27.9 Å². The van der Waals surface area contributed by atoms with E-state index >= 15 is 0 Å². The third kappa shape index (κ3) is 3.14. The lowest BCUT2D eigenvalue weighted by Gasteiger charge is -2.10. The van der Waals surface area contributed by atoms with Crippen molar-refractivity contribution in [2.45, 2.75) is 25.2 Å². The Morgan fingerprint density at radius 1 is 1.35 bits per heavy atom. The monoisotopic (exact) mass is 296 g/mol. The SMILES string of the molecule is Cc1cc(S(=O)(=O)NCCc2ncno2)cc(N)c1C. The van der Waals surface area contributed by atoms with E-state index in [1.54, 1.807) is 6.07 Å². The van der Waals surface area contributed by atoms with Crippen molar-refractivity contribution in [2.75, 3.05) is 12.3 Å². The van der Waals surface area contributed by atoms with E-state index in [4.69, 9.17) is 10.3 Å². The standard InChI is InChI=1S/C12H16N4O3S/c1-8-5-10(6-11(13)9(8)2)20(17,18)16-4-3-12-14-7-15-19-12/h5-7,16H,3-4,13H2,1-2H3. The molecule has 1 aromatic carbocycles. The van der Waals surface area contributed by atoms with Gasteiger partial charge in [0.05, 0.1) is 4.90 Å². The summed E-state index contributed by atoms with van der Waals surface area (Å²) in [4.78, 5) is 3.97. The van der Waals surface area contributed by atoms with Crippen LogP contribution in [0.4, 0.5) is 5.69 Å². The summed E-state index contributed by atoms with van der Waals surface area (Å²) in [5.41, 5.74) is 7.98. The quantitative estimate of drug-likeness (QED) is 0.789. The zero-order chi connectivity index (χ0) is 14.8. The van der Waals surface area contributed by atoms with Crippen molar-refractivity contribution >= 4 is 15.7 Å². The van der Waals surface area contributed by atoms with Crippen LogP contribution in [0.1, 0.15) is 17.0 Å². The van der Waals surface area contributed by atoms with Crippen molar-refractivity contribution < 1.29 is 12.9 Å². The van der Waals surface area contributed by atoms with Crippen LogP contribution >= 0.6 is 0 Å². The number of sulfonamides is 1. The summed E-state index contributed by atoms with van der Waals surface area (Å²) in [6, 6.07) is 3.05. The molecule has 0 aliphatic carbocycles. The van der Waals surface area contributed by atoms with E-state index in [9.17, 15) is 8.42 Å². The van der Waals surface area contributed by atoms with Gasteiger partial charge in [-0.2, -0.15) is 4.98 Å². The molecule has 0 aliphatic rings. The Morgan fingerprint density at radius 2 is 2.10 bits per heavy atom. The number of hydrogen-bond acceptors (Lipinski definition) is 6. The summed E-state index contributed by atoms with van der Waals surface area (Å²) in [5, 5.41) is 3.45. The Kier molecular flexibility index (Phi) is 4.05. The molecular formula is C12H16N4O3S. The van der Waals surface area contributed by atoms with E-state index in [0.29, 0.717) is 18.0 Å². The van der Waals surface area contributed by atoms with Crippen LogP contribution in [0, 0.1) is 13.8 Å². The van der Waals surface area contributed by atoms with E-state index < -0.39 is 10.0 Å². The van der Waals surface area contributed by atoms with Crippen LogP contribution in [0.25, 0.3) is 0 Å². The van der Waals surface area contributed by atoms with Gasteiger partial charge in [-0.25, -0.2) is 13.1 Å². The number of nitrogen functional groups attached to an aromatic ring is 1. The zero-order valence-corrected chi connectivity index (χ0v) is 12.1. The van der Waals surface area contributed by atoms with Crippen molar-refractivity contribution in [3.63, 3.8) is 0 Å². The Balaban J connectivity index is 2.10. The highest BCUT2D eigenvalue weighted by Crippen LogP contribution is 2.21. The molecule has 3 N–H and O–H groups in total. The molecule has 108 valence electrons. The molecule has 2 rings (SSSR count). The topological polar surface area (TPSA) is 111 Å². The van der Waals surface area contributed by atoms with Gasteiger partial charge >= 0.3 is 0 Å². The van der Waals surface area contributed by atoms with Gasteiger partial charge in [-0.1, -0.05) is 5.16 Å². The highest BCUT2D eigenvalue weighted by Gasteiger charge is 2.16. The van der Waals surface area contributed by atoms with E-state index in [1.165, 1.54) is 12.4 Å². The van der Waals surface area contributed by atoms with E-state index in [1.807, 2.05) is 13.8 Å². The Hall–Kier alpha value is -1.93. The molecule has 7 nitrogen and oxygen atoms in total. The van der Waals surface area contributed by atoms with Gasteiger partial charge in [-0.15, -0.1) is 0 Å². The minimum absolute atomic E-state index is 0.156. The normalized spacial score (nSPS) is 11.7. The molecule has 0 amide bonds. The number of aromatic nitrogens is 2. The number of rotatable bonds is 5. The van der Waals surface area contributed by atoms with Gasteiger partial charge in [0, 0.05) is 18.7 Å². The average molecular weight is 296 g/mol. The first-order valence-corrected chi connectivity index (χ1v) is 7.50. The molecule has 0 fully saturated rings. The molecule has 0 radical (unpaired) electrons.